The summed E-state index contributed by atoms with van der Waals surface area (Å²) in [5, 5.41) is 15.8. The van der Waals surface area contributed by atoms with Gasteiger partial charge in [-0.15, -0.1) is 16.4 Å². The van der Waals surface area contributed by atoms with Crippen molar-refractivity contribution >= 4 is 39.8 Å². The minimum Gasteiger partial charge on any atom is -0.274 e. The van der Waals surface area contributed by atoms with Crippen molar-refractivity contribution in [3.63, 3.8) is 0 Å². The monoisotopic (exact) mass is 428 g/mol. The number of thiazole rings is 1. The SMILES string of the molecule is CC(=O)N(c1ccc(C)c(C)c1)c1nc(CSc2nnnn2C2CCCC2)cs1. The molecular formula is C20H24N6OS2. The van der Waals surface area contributed by atoms with Crippen LogP contribution in [-0.4, -0.2) is 31.1 Å². The van der Waals surface area contributed by atoms with Gasteiger partial charge in [-0.2, -0.15) is 0 Å². The zero-order valence-electron chi connectivity index (χ0n) is 16.8. The van der Waals surface area contributed by atoms with Gasteiger partial charge in [-0.25, -0.2) is 9.67 Å². The van der Waals surface area contributed by atoms with Crippen LogP contribution in [0.15, 0.2) is 28.7 Å². The first-order chi connectivity index (χ1) is 14.0. The number of benzene rings is 1. The molecule has 9 heteroatoms. The molecule has 0 atom stereocenters. The predicted octanol–water partition coefficient (Wildman–Crippen LogP) is 4.84. The number of amides is 1. The molecule has 2 heterocycles. The van der Waals surface area contributed by atoms with Crippen LogP contribution in [-0.2, 0) is 10.5 Å². The highest BCUT2D eigenvalue weighted by Gasteiger charge is 2.22. The van der Waals surface area contributed by atoms with Crippen LogP contribution in [0, 0.1) is 13.8 Å². The topological polar surface area (TPSA) is 76.8 Å². The van der Waals surface area contributed by atoms with Gasteiger partial charge in [-0.1, -0.05) is 30.7 Å². The molecule has 1 aromatic carbocycles. The maximum absolute atomic E-state index is 12.3. The fourth-order valence-corrected chi connectivity index (χ4v) is 5.38. The number of aromatic nitrogens is 5. The van der Waals surface area contributed by atoms with E-state index in [1.807, 2.05) is 28.3 Å². The lowest BCUT2D eigenvalue weighted by Gasteiger charge is -2.19. The molecule has 1 amide bonds. The molecule has 0 radical (unpaired) electrons. The standard InChI is InChI=1S/C20H24N6OS2/c1-13-8-9-18(10-14(13)2)25(15(3)27)19-21-16(11-28-19)12-29-20-22-23-24-26(20)17-6-4-5-7-17/h8-11,17H,4-7,12H2,1-3H3. The van der Waals surface area contributed by atoms with E-state index in [-0.39, 0.29) is 5.91 Å². The van der Waals surface area contributed by atoms with Crippen molar-refractivity contribution in [1.82, 2.24) is 25.2 Å². The molecule has 4 rings (SSSR count). The Kier molecular flexibility index (Phi) is 5.96. The third-order valence-electron chi connectivity index (χ3n) is 5.28. The molecule has 3 aromatic rings. The third-order valence-corrected chi connectivity index (χ3v) is 7.12. The van der Waals surface area contributed by atoms with Gasteiger partial charge in [0.15, 0.2) is 5.13 Å². The second-order valence-electron chi connectivity index (χ2n) is 7.38. The molecule has 29 heavy (non-hydrogen) atoms. The van der Waals surface area contributed by atoms with Crippen LogP contribution in [0.2, 0.25) is 0 Å². The summed E-state index contributed by atoms with van der Waals surface area (Å²) in [4.78, 5) is 18.7. The highest BCUT2D eigenvalue weighted by molar-refractivity contribution is 7.98. The van der Waals surface area contributed by atoms with E-state index in [4.69, 9.17) is 4.98 Å². The summed E-state index contributed by atoms with van der Waals surface area (Å²) in [5.74, 6) is 0.620. The van der Waals surface area contributed by atoms with E-state index >= 15 is 0 Å². The lowest BCUT2D eigenvalue weighted by molar-refractivity contribution is -0.115. The van der Waals surface area contributed by atoms with Gasteiger partial charge in [0.05, 0.1) is 17.4 Å². The average molecular weight is 429 g/mol. The fraction of sp³-hybridized carbons (Fsp3) is 0.450. The maximum Gasteiger partial charge on any atom is 0.230 e. The van der Waals surface area contributed by atoms with E-state index in [1.54, 1.807) is 23.6 Å². The van der Waals surface area contributed by atoms with Gasteiger partial charge in [0, 0.05) is 18.1 Å². The summed E-state index contributed by atoms with van der Waals surface area (Å²) in [6.07, 6.45) is 4.76. The largest absolute Gasteiger partial charge is 0.274 e. The Hall–Kier alpha value is -2.26. The number of carbonyl (C=O) groups excluding carboxylic acids is 1. The molecule has 0 N–H and O–H groups in total. The Labute approximate surface area is 178 Å². The molecule has 152 valence electrons. The van der Waals surface area contributed by atoms with Crippen LogP contribution >= 0.6 is 23.1 Å². The van der Waals surface area contributed by atoms with Gasteiger partial charge in [0.25, 0.3) is 0 Å². The van der Waals surface area contributed by atoms with Crippen LogP contribution in [0.1, 0.15) is 55.5 Å². The molecule has 1 fully saturated rings. The normalized spacial score (nSPS) is 14.4. The van der Waals surface area contributed by atoms with Crippen molar-refractivity contribution in [2.45, 2.75) is 63.4 Å². The molecule has 0 aliphatic heterocycles. The van der Waals surface area contributed by atoms with Gasteiger partial charge in [0.1, 0.15) is 0 Å². The summed E-state index contributed by atoms with van der Waals surface area (Å²) in [6.45, 7) is 5.69. The molecule has 0 spiro atoms. The number of aryl methyl sites for hydroxylation is 2. The predicted molar refractivity (Wildman–Crippen MR) is 116 cm³/mol. The molecule has 0 unspecified atom stereocenters. The number of carbonyl (C=O) groups is 1. The van der Waals surface area contributed by atoms with Crippen molar-refractivity contribution < 1.29 is 4.79 Å². The summed E-state index contributed by atoms with van der Waals surface area (Å²) in [7, 11) is 0. The Morgan fingerprint density at radius 2 is 2.07 bits per heavy atom. The summed E-state index contributed by atoms with van der Waals surface area (Å²) in [5.41, 5.74) is 4.12. The first kappa shape index (κ1) is 20.0. The third kappa shape index (κ3) is 4.35. The summed E-state index contributed by atoms with van der Waals surface area (Å²) < 4.78 is 1.96. The minimum atomic E-state index is -0.0491. The molecule has 2 aromatic heterocycles. The number of hydrogen-bond donors (Lipinski definition) is 0. The van der Waals surface area contributed by atoms with E-state index in [9.17, 15) is 4.79 Å². The first-order valence-corrected chi connectivity index (χ1v) is 11.6. The highest BCUT2D eigenvalue weighted by atomic mass is 32.2. The van der Waals surface area contributed by atoms with Crippen molar-refractivity contribution in [2.24, 2.45) is 0 Å². The van der Waals surface area contributed by atoms with Gasteiger partial charge in [-0.05, 0) is 60.4 Å². The Bertz CT molecular complexity index is 1010. The molecule has 1 saturated carbocycles. The second kappa shape index (κ2) is 8.62. The van der Waals surface area contributed by atoms with Crippen LogP contribution in [0.25, 0.3) is 0 Å². The number of rotatable bonds is 6. The number of tetrazole rings is 1. The Morgan fingerprint density at radius 1 is 1.28 bits per heavy atom. The minimum absolute atomic E-state index is 0.0491. The average Bonchev–Trinajstić information content (AvgIpc) is 3.44. The molecule has 0 saturated heterocycles. The summed E-state index contributed by atoms with van der Waals surface area (Å²) >= 11 is 3.07. The van der Waals surface area contributed by atoms with Crippen LogP contribution < -0.4 is 4.90 Å². The van der Waals surface area contributed by atoms with E-state index in [2.05, 4.69) is 29.4 Å². The van der Waals surface area contributed by atoms with E-state index in [1.165, 1.54) is 29.7 Å². The van der Waals surface area contributed by atoms with Crippen molar-refractivity contribution in [1.29, 1.82) is 0 Å². The second-order valence-corrected chi connectivity index (χ2v) is 9.16. The quantitative estimate of drug-likeness (QED) is 0.523. The van der Waals surface area contributed by atoms with Gasteiger partial charge in [-0.3, -0.25) is 9.69 Å². The van der Waals surface area contributed by atoms with Crippen molar-refractivity contribution in [2.75, 3.05) is 4.90 Å². The highest BCUT2D eigenvalue weighted by Crippen LogP contribution is 2.34. The first-order valence-electron chi connectivity index (χ1n) is 9.76. The molecule has 0 bridgehead atoms. The number of anilines is 2. The molecular weight excluding hydrogens is 404 g/mol. The summed E-state index contributed by atoms with van der Waals surface area (Å²) in [6, 6.07) is 6.45. The molecule has 1 aliphatic rings. The Morgan fingerprint density at radius 3 is 2.79 bits per heavy atom. The van der Waals surface area contributed by atoms with Gasteiger partial charge >= 0.3 is 0 Å². The smallest absolute Gasteiger partial charge is 0.230 e. The van der Waals surface area contributed by atoms with E-state index < -0.39 is 0 Å². The fourth-order valence-electron chi connectivity index (χ4n) is 3.55. The zero-order valence-corrected chi connectivity index (χ0v) is 18.5. The number of thioether (sulfide) groups is 1. The molecule has 1 aliphatic carbocycles. The Balaban J connectivity index is 1.49. The van der Waals surface area contributed by atoms with Gasteiger partial charge in [0.2, 0.25) is 11.1 Å². The van der Waals surface area contributed by atoms with Crippen LogP contribution in [0.4, 0.5) is 10.8 Å². The van der Waals surface area contributed by atoms with E-state index in [0.717, 1.165) is 34.9 Å². The molecule has 7 nitrogen and oxygen atoms in total. The van der Waals surface area contributed by atoms with Crippen molar-refractivity contribution in [3.8, 4) is 0 Å². The van der Waals surface area contributed by atoms with Crippen LogP contribution in [0.3, 0.4) is 0 Å². The van der Waals surface area contributed by atoms with E-state index in [0.29, 0.717) is 16.9 Å². The zero-order chi connectivity index (χ0) is 20.4. The van der Waals surface area contributed by atoms with Crippen LogP contribution in [0.5, 0.6) is 0 Å². The van der Waals surface area contributed by atoms with Gasteiger partial charge < -0.3 is 0 Å². The van der Waals surface area contributed by atoms with Crippen molar-refractivity contribution in [3.05, 3.63) is 40.4 Å². The number of hydrogen-bond acceptors (Lipinski definition) is 7. The lowest BCUT2D eigenvalue weighted by atomic mass is 10.1. The lowest BCUT2D eigenvalue weighted by Crippen LogP contribution is -2.22. The maximum atomic E-state index is 12.3. The number of nitrogens with zero attached hydrogens (tertiary/aromatic N) is 6.